The number of halogens is 3. The summed E-state index contributed by atoms with van der Waals surface area (Å²) in [6.07, 6.45) is -0.331. The fraction of sp³-hybridized carbons (Fsp3) is 0.800. The van der Waals surface area contributed by atoms with E-state index in [9.17, 15) is 23.1 Å². The highest BCUT2D eigenvalue weighted by molar-refractivity contribution is 5.85. The van der Waals surface area contributed by atoms with Crippen molar-refractivity contribution in [1.29, 1.82) is 0 Å². The first-order chi connectivity index (χ1) is 17.4. The van der Waals surface area contributed by atoms with Crippen molar-refractivity contribution < 1.29 is 32.5 Å². The van der Waals surface area contributed by atoms with E-state index in [0.29, 0.717) is 45.6 Å². The van der Waals surface area contributed by atoms with Crippen molar-refractivity contribution in [2.24, 2.45) is 5.41 Å². The average Bonchev–Trinajstić information content (AvgIpc) is 3.58. The number of amides is 1. The van der Waals surface area contributed by atoms with Gasteiger partial charge in [-0.1, -0.05) is 0 Å². The minimum absolute atomic E-state index is 0.0541. The van der Waals surface area contributed by atoms with Gasteiger partial charge in [0.1, 0.15) is 17.8 Å². The van der Waals surface area contributed by atoms with E-state index in [0.717, 1.165) is 25.2 Å². The fourth-order valence-corrected chi connectivity index (χ4v) is 6.77. The number of likely N-dealkylation sites (tertiary alicyclic amines) is 1. The third-order valence-corrected chi connectivity index (χ3v) is 8.89. The fourth-order valence-electron chi connectivity index (χ4n) is 6.77. The molecule has 1 amide bonds. The predicted octanol–water partition coefficient (Wildman–Crippen LogP) is 1.99. The number of hydrogen-bond donors (Lipinski definition) is 2. The van der Waals surface area contributed by atoms with Gasteiger partial charge in [0.2, 0.25) is 5.91 Å². The van der Waals surface area contributed by atoms with Crippen molar-refractivity contribution in [1.82, 2.24) is 20.2 Å². The zero-order valence-corrected chi connectivity index (χ0v) is 21.5. The van der Waals surface area contributed by atoms with Gasteiger partial charge in [-0.15, -0.1) is 0 Å². The van der Waals surface area contributed by atoms with E-state index in [1.807, 2.05) is 9.80 Å². The number of hydrogen-bond acceptors (Lipinski definition) is 8. The normalized spacial score (nSPS) is 34.4. The van der Waals surface area contributed by atoms with Gasteiger partial charge >= 0.3 is 6.18 Å². The van der Waals surface area contributed by atoms with E-state index in [1.165, 1.54) is 0 Å². The summed E-state index contributed by atoms with van der Waals surface area (Å²) in [5, 5.41) is 14.9. The molecule has 12 heteroatoms. The molecule has 4 fully saturated rings. The summed E-state index contributed by atoms with van der Waals surface area (Å²) >= 11 is 0. The number of rotatable bonds is 6. The van der Waals surface area contributed by atoms with Crippen LogP contribution in [0.2, 0.25) is 0 Å². The second-order valence-corrected chi connectivity index (χ2v) is 11.4. The van der Waals surface area contributed by atoms with Crippen molar-refractivity contribution >= 4 is 11.7 Å². The summed E-state index contributed by atoms with van der Waals surface area (Å²) in [4.78, 5) is 25.2. The number of carbonyl (C=O) groups excluding carboxylic acids is 1. The number of nitrogens with zero attached hydrogens (tertiary/aromatic N) is 4. The number of methoxy groups -OCH3 is 1. The molecule has 0 aromatic carbocycles. The molecule has 1 saturated carbocycles. The van der Waals surface area contributed by atoms with E-state index in [1.54, 1.807) is 21.0 Å². The summed E-state index contributed by atoms with van der Waals surface area (Å²) in [6.45, 7) is 5.41. The third-order valence-electron chi connectivity index (χ3n) is 8.89. The van der Waals surface area contributed by atoms with Crippen LogP contribution in [0, 0.1) is 5.41 Å². The van der Waals surface area contributed by atoms with Gasteiger partial charge in [0.25, 0.3) is 0 Å². The van der Waals surface area contributed by atoms with Gasteiger partial charge in [0.15, 0.2) is 0 Å². The van der Waals surface area contributed by atoms with Crippen LogP contribution < -0.4 is 10.2 Å². The maximum absolute atomic E-state index is 14.1. The van der Waals surface area contributed by atoms with Crippen LogP contribution in [0.3, 0.4) is 0 Å². The molecule has 206 valence electrons. The van der Waals surface area contributed by atoms with E-state index in [-0.39, 0.29) is 42.0 Å². The van der Waals surface area contributed by atoms with Gasteiger partial charge in [0, 0.05) is 45.0 Å². The van der Waals surface area contributed by atoms with E-state index >= 15 is 0 Å². The van der Waals surface area contributed by atoms with Crippen LogP contribution >= 0.6 is 0 Å². The highest BCUT2D eigenvalue weighted by Gasteiger charge is 2.59. The summed E-state index contributed by atoms with van der Waals surface area (Å²) in [5.41, 5.74) is -3.14. The molecule has 2 bridgehead atoms. The van der Waals surface area contributed by atoms with Crippen molar-refractivity contribution in [2.75, 3.05) is 38.3 Å². The number of anilines is 1. The molecular weight excluding hydrogens is 491 g/mol. The smallest absolute Gasteiger partial charge is 0.389 e. The molecule has 5 rings (SSSR count). The third kappa shape index (κ3) is 4.81. The van der Waals surface area contributed by atoms with Crippen molar-refractivity contribution in [2.45, 2.75) is 88.0 Å². The number of aliphatic hydroxyl groups is 1. The molecule has 37 heavy (non-hydrogen) atoms. The topological polar surface area (TPSA) is 100 Å². The Bertz CT molecular complexity index is 1010. The summed E-state index contributed by atoms with van der Waals surface area (Å²) in [5.74, 6) is 0.166. The predicted molar refractivity (Wildman–Crippen MR) is 128 cm³/mol. The lowest BCUT2D eigenvalue weighted by Gasteiger charge is -2.45. The Hall–Kier alpha value is -2.02. The van der Waals surface area contributed by atoms with Crippen molar-refractivity contribution in [3.8, 4) is 0 Å². The number of alkyl halides is 3. The highest BCUT2D eigenvalue weighted by Crippen LogP contribution is 2.50. The van der Waals surface area contributed by atoms with Gasteiger partial charge in [0.05, 0.1) is 35.8 Å². The maximum atomic E-state index is 14.1. The lowest BCUT2D eigenvalue weighted by atomic mass is 9.70. The Kier molecular flexibility index (Phi) is 6.91. The lowest BCUT2D eigenvalue weighted by Crippen LogP contribution is -2.59. The first-order valence-electron chi connectivity index (χ1n) is 13.0. The Balaban J connectivity index is 1.29. The first kappa shape index (κ1) is 26.6. The van der Waals surface area contributed by atoms with Crippen LogP contribution in [0.1, 0.15) is 51.6 Å². The molecule has 3 saturated heterocycles. The van der Waals surface area contributed by atoms with Crippen LogP contribution in [0.4, 0.5) is 19.0 Å². The Morgan fingerprint density at radius 1 is 1.24 bits per heavy atom. The number of piperazine rings is 1. The highest BCUT2D eigenvalue weighted by atomic mass is 19.4. The van der Waals surface area contributed by atoms with E-state index in [2.05, 4.69) is 15.3 Å². The zero-order valence-electron chi connectivity index (χ0n) is 21.5. The first-order valence-corrected chi connectivity index (χ1v) is 13.0. The largest absolute Gasteiger partial charge is 0.433 e. The Morgan fingerprint density at radius 3 is 2.68 bits per heavy atom. The second kappa shape index (κ2) is 9.62. The number of carbonyl (C=O) groups is 1. The average molecular weight is 528 g/mol. The maximum Gasteiger partial charge on any atom is 0.433 e. The summed E-state index contributed by atoms with van der Waals surface area (Å²) in [7, 11) is 1.67. The van der Waals surface area contributed by atoms with Gasteiger partial charge in [-0.2, -0.15) is 13.2 Å². The molecule has 3 aliphatic heterocycles. The number of nitrogens with one attached hydrogen (secondary N) is 1. The quantitative estimate of drug-likeness (QED) is 0.580. The molecule has 4 heterocycles. The van der Waals surface area contributed by atoms with Crippen molar-refractivity contribution in [3.05, 3.63) is 18.1 Å². The van der Waals surface area contributed by atoms with Crippen LogP contribution in [-0.4, -0.2) is 95.2 Å². The minimum Gasteiger partial charge on any atom is -0.389 e. The molecule has 4 aliphatic rings. The second-order valence-electron chi connectivity index (χ2n) is 11.4. The van der Waals surface area contributed by atoms with Crippen LogP contribution in [0.5, 0.6) is 0 Å². The zero-order chi connectivity index (χ0) is 26.6. The summed E-state index contributed by atoms with van der Waals surface area (Å²) in [6, 6.07) is 0.906. The molecule has 6 atom stereocenters. The van der Waals surface area contributed by atoms with Crippen LogP contribution in [-0.2, 0) is 20.4 Å². The van der Waals surface area contributed by atoms with Crippen LogP contribution in [0.25, 0.3) is 0 Å². The molecule has 2 N–H and O–H groups in total. The number of fused-ring (bicyclic) bond motifs is 2. The van der Waals surface area contributed by atoms with Crippen LogP contribution in [0.15, 0.2) is 12.4 Å². The Labute approximate surface area is 214 Å². The van der Waals surface area contributed by atoms with Gasteiger partial charge in [-0.3, -0.25) is 4.79 Å². The summed E-state index contributed by atoms with van der Waals surface area (Å²) < 4.78 is 50.6. The molecule has 1 aliphatic carbocycles. The lowest BCUT2D eigenvalue weighted by molar-refractivity contribution is -0.159. The monoisotopic (exact) mass is 527 g/mol. The molecule has 1 aromatic heterocycles. The number of ether oxygens (including phenoxy) is 2. The van der Waals surface area contributed by atoms with E-state index < -0.39 is 22.9 Å². The standard InChI is InChI=1S/C25H36F3N5O4/c1-23(2,35)24(6-4-15(10-24)31-18-5-7-37-13-19(18)36-3)22(34)33-12-16-8-17(33)11-32(16)21-9-20(25(26,27)28)29-14-30-21/h9,14-19,31,35H,4-8,10-13H2,1-3H3/t15-,16+,17+,18+,19-,24-/m1/s1. The van der Waals surface area contributed by atoms with Crippen molar-refractivity contribution in [3.63, 3.8) is 0 Å². The minimum atomic E-state index is -4.54. The molecule has 9 nitrogen and oxygen atoms in total. The molecule has 1 aromatic rings. The molecular formula is C25H36F3N5O4. The Morgan fingerprint density at radius 2 is 2.03 bits per heavy atom. The van der Waals surface area contributed by atoms with E-state index in [4.69, 9.17) is 9.47 Å². The van der Waals surface area contributed by atoms with Gasteiger partial charge in [-0.25, -0.2) is 9.97 Å². The molecule has 0 spiro atoms. The SMILES string of the molecule is CO[C@@H]1COCC[C@@H]1N[C@@H]1CC[C@@](C(=O)N2C[C@@H]3C[C@H]2CN3c2cc(C(F)(F)F)ncn2)(C(C)(C)O)C1. The molecule has 0 unspecified atom stereocenters. The van der Waals surface area contributed by atoms with Gasteiger partial charge in [-0.05, 0) is 46.0 Å². The molecule has 0 radical (unpaired) electrons. The number of aromatic nitrogens is 2. The van der Waals surface area contributed by atoms with Gasteiger partial charge < -0.3 is 29.7 Å².